The molecular formula is C40H38ClN6O2Pd2-. The first-order valence-electron chi connectivity index (χ1n) is 15.6. The summed E-state index contributed by atoms with van der Waals surface area (Å²) in [7, 11) is 8.39. The number of phenolic OH excluding ortho intramolecular Hbond substituents is 1. The molecule has 0 atom stereocenters. The van der Waals surface area contributed by atoms with Crippen molar-refractivity contribution in [3.63, 3.8) is 0 Å². The van der Waals surface area contributed by atoms with E-state index in [1.54, 1.807) is 30.6 Å². The molecule has 0 unspecified atom stereocenters. The minimum atomic E-state index is 0. The van der Waals surface area contributed by atoms with E-state index in [-0.39, 0.29) is 25.8 Å². The minimum absolute atomic E-state index is 0. The zero-order valence-corrected chi connectivity index (χ0v) is 32.6. The molecule has 0 bridgehead atoms. The van der Waals surface area contributed by atoms with Crippen LogP contribution in [0.2, 0.25) is 0 Å². The monoisotopic (exact) mass is 881 g/mol. The summed E-state index contributed by atoms with van der Waals surface area (Å²) in [5, 5.41) is 9.02. The average Bonchev–Trinajstić information content (AvgIpc) is 3.78. The number of rotatable bonds is 5. The fraction of sp³-hybridized carbons (Fsp3) is 0.150. The van der Waals surface area contributed by atoms with Crippen molar-refractivity contribution in [1.82, 2.24) is 29.1 Å². The maximum Gasteiger partial charge on any atom is 0 e. The fourth-order valence-electron chi connectivity index (χ4n) is 4.60. The molecule has 0 fully saturated rings. The normalized spacial score (nSPS) is 10.2. The maximum absolute atomic E-state index is 9.02. The van der Waals surface area contributed by atoms with E-state index in [1.807, 2.05) is 127 Å². The molecule has 1 N–H and O–H groups in total. The summed E-state index contributed by atoms with van der Waals surface area (Å²) in [6, 6.07) is 40.4. The third-order valence-electron chi connectivity index (χ3n) is 7.19. The topological polar surface area (TPSA) is 90.9 Å². The van der Waals surface area contributed by atoms with Gasteiger partial charge in [0.05, 0.1) is 5.69 Å². The number of aromatic hydroxyl groups is 1. The standard InChI is InChI=1S/C15H12N3O.C15H12N3.C10H14O.ClH.2Pd/c1-18-11-10-16-15(18)13-8-5-9-14(17-13)19-12-6-3-2-4-7-12;1-18-11-10-16-15(18)14-9-5-8-13(17-14)12-6-3-2-4-7-12;1-10(2,3)8-4-6-9(11)7-5-8;;;/h2-6,8-11H,1H3;2-6,8-11H,1H3;4-7,11H,1-3H3;1H;;/q2*-1;;;;+2/p-1. The van der Waals surface area contributed by atoms with Crippen molar-refractivity contribution >= 4 is 9.53 Å². The van der Waals surface area contributed by atoms with E-state index in [9.17, 15) is 0 Å². The molecule has 7 aromatic rings. The molecule has 11 heteroatoms. The van der Waals surface area contributed by atoms with Crippen LogP contribution in [0.3, 0.4) is 0 Å². The van der Waals surface area contributed by atoms with Crippen molar-refractivity contribution in [2.24, 2.45) is 14.1 Å². The quantitative estimate of drug-likeness (QED) is 0.137. The van der Waals surface area contributed by atoms with E-state index in [2.05, 4.69) is 80.6 Å². The number of aryl methyl sites for hydroxylation is 2. The van der Waals surface area contributed by atoms with Gasteiger partial charge in [0.15, 0.2) is 11.6 Å². The number of ether oxygens (including phenoxy) is 1. The number of hydrogen-bond donors (Lipinski definition) is 1. The molecule has 0 saturated carbocycles. The molecule has 0 radical (unpaired) electrons. The molecule has 7 rings (SSSR count). The van der Waals surface area contributed by atoms with Crippen molar-refractivity contribution in [1.29, 1.82) is 0 Å². The molecule has 0 saturated heterocycles. The Morgan fingerprint density at radius 1 is 0.667 bits per heavy atom. The minimum Gasteiger partial charge on any atom is 0 e. The number of phenols is 1. The van der Waals surface area contributed by atoms with Crippen LogP contribution in [0.4, 0.5) is 0 Å². The van der Waals surface area contributed by atoms with Gasteiger partial charge in [-0.15, -0.1) is 48.0 Å². The summed E-state index contributed by atoms with van der Waals surface area (Å²) in [6.45, 7) is 6.46. The first-order chi connectivity index (χ1) is 24.2. The number of hydrogen-bond acceptors (Lipinski definition) is 6. The molecular weight excluding hydrogens is 845 g/mol. The van der Waals surface area contributed by atoms with Gasteiger partial charge in [0.2, 0.25) is 5.88 Å². The molecule has 51 heavy (non-hydrogen) atoms. The Balaban J connectivity index is 0.000000206. The van der Waals surface area contributed by atoms with Crippen molar-refractivity contribution < 1.29 is 48.4 Å². The largest absolute Gasteiger partial charge is 0 e. The van der Waals surface area contributed by atoms with Gasteiger partial charge in [0.25, 0.3) is 0 Å². The molecule has 0 amide bonds. The molecule has 0 aliphatic heterocycles. The van der Waals surface area contributed by atoms with E-state index < -0.39 is 0 Å². The van der Waals surface area contributed by atoms with Crippen LogP contribution < -0.4 is 4.74 Å². The Morgan fingerprint density at radius 3 is 1.73 bits per heavy atom. The van der Waals surface area contributed by atoms with E-state index in [0.29, 0.717) is 17.4 Å². The first-order valence-corrected chi connectivity index (χ1v) is 17.6. The fourth-order valence-corrected chi connectivity index (χ4v) is 4.60. The van der Waals surface area contributed by atoms with Gasteiger partial charge in [-0.2, -0.15) is 18.2 Å². The smallest absolute Gasteiger partial charge is 0 e. The van der Waals surface area contributed by atoms with Crippen LogP contribution >= 0.6 is 9.53 Å². The molecule has 3 aromatic carbocycles. The van der Waals surface area contributed by atoms with Gasteiger partial charge in [0, 0.05) is 71.1 Å². The van der Waals surface area contributed by atoms with Crippen LogP contribution in [0.15, 0.2) is 134 Å². The first kappa shape index (κ1) is 41.0. The van der Waals surface area contributed by atoms with Crippen LogP contribution in [0.1, 0.15) is 26.3 Å². The van der Waals surface area contributed by atoms with Crippen LogP contribution in [0.5, 0.6) is 17.4 Å². The number of benzene rings is 3. The molecule has 0 spiro atoms. The summed E-state index contributed by atoms with van der Waals surface area (Å²) in [4.78, 5) is 17.7. The predicted octanol–water partition coefficient (Wildman–Crippen LogP) is 9.40. The molecule has 268 valence electrons. The van der Waals surface area contributed by atoms with Crippen LogP contribution in [-0.2, 0) is 58.1 Å². The Hall–Kier alpha value is -4.41. The van der Waals surface area contributed by atoms with Gasteiger partial charge in [-0.25, -0.2) is 15.0 Å². The van der Waals surface area contributed by atoms with Crippen molar-refractivity contribution in [3.8, 4) is 51.7 Å². The zero-order valence-electron chi connectivity index (χ0n) is 28.8. The number of halogens is 1. The van der Waals surface area contributed by atoms with Gasteiger partial charge >= 0.3 is 27.7 Å². The van der Waals surface area contributed by atoms with Crippen molar-refractivity contribution in [3.05, 3.63) is 152 Å². The number of aromatic nitrogens is 6. The van der Waals surface area contributed by atoms with E-state index >= 15 is 0 Å². The second-order valence-electron chi connectivity index (χ2n) is 11.9. The van der Waals surface area contributed by atoms with Crippen molar-refractivity contribution in [2.75, 3.05) is 0 Å². The van der Waals surface area contributed by atoms with Gasteiger partial charge in [-0.3, -0.25) is 4.98 Å². The molecule has 0 aliphatic carbocycles. The number of imidazole rings is 2. The van der Waals surface area contributed by atoms with Crippen LogP contribution in [-0.4, -0.2) is 34.2 Å². The second kappa shape index (κ2) is 20.4. The number of pyridine rings is 2. The molecule has 0 aliphatic rings. The zero-order chi connectivity index (χ0) is 35.9. The van der Waals surface area contributed by atoms with Gasteiger partial charge < -0.3 is 19.0 Å². The maximum atomic E-state index is 9.02. The van der Waals surface area contributed by atoms with E-state index in [1.165, 1.54) is 5.56 Å². The predicted molar refractivity (Wildman–Crippen MR) is 195 cm³/mol. The third-order valence-corrected chi connectivity index (χ3v) is 7.19. The SMILES string of the molecule is CC(C)(C)c1ccc(O)cc1.Cn1ccnc1-c1cccc(-c2[c-]cccc2)n1.Cn1ccnc1-c1cccc(Oc2[c-]cccc2)n1.[Cl][Pd+].[Pd]. The second-order valence-corrected chi connectivity index (χ2v) is 11.9. The number of para-hydroxylation sites is 1. The molecule has 4 aromatic heterocycles. The van der Waals surface area contributed by atoms with Gasteiger partial charge in [0.1, 0.15) is 11.4 Å². The Kier molecular flexibility index (Phi) is 16.4. The van der Waals surface area contributed by atoms with Gasteiger partial charge in [-0.1, -0.05) is 51.1 Å². The van der Waals surface area contributed by atoms with E-state index in [4.69, 9.17) is 9.84 Å². The Bertz CT molecular complexity index is 2030. The summed E-state index contributed by atoms with van der Waals surface area (Å²) in [5.41, 5.74) is 4.98. The average molecular weight is 883 g/mol. The third kappa shape index (κ3) is 12.4. The summed E-state index contributed by atoms with van der Waals surface area (Å²) < 4.78 is 9.53. The van der Waals surface area contributed by atoms with E-state index in [0.717, 1.165) is 34.3 Å². The van der Waals surface area contributed by atoms with Crippen LogP contribution in [0, 0.1) is 12.1 Å². The van der Waals surface area contributed by atoms with Crippen LogP contribution in [0.25, 0.3) is 34.3 Å². The summed E-state index contributed by atoms with van der Waals surface area (Å²) in [6.07, 6.45) is 7.32. The molecule has 8 nitrogen and oxygen atoms in total. The molecule has 4 heterocycles. The summed E-state index contributed by atoms with van der Waals surface area (Å²) in [5.74, 6) is 3.18. The van der Waals surface area contributed by atoms with Gasteiger partial charge in [-0.05, 0) is 40.9 Å². The summed E-state index contributed by atoms with van der Waals surface area (Å²) >= 11 is 2.22. The van der Waals surface area contributed by atoms with Crippen molar-refractivity contribution in [2.45, 2.75) is 26.2 Å². The Labute approximate surface area is 328 Å². The number of nitrogens with zero attached hydrogens (tertiary/aromatic N) is 6. The Morgan fingerprint density at radius 2 is 1.22 bits per heavy atom.